The Kier molecular flexibility index (Phi) is 3.90. The maximum absolute atomic E-state index is 13.2. The van der Waals surface area contributed by atoms with Gasteiger partial charge in [0.25, 0.3) is 0 Å². The zero-order valence-electron chi connectivity index (χ0n) is 14.9. The Morgan fingerprint density at radius 1 is 1.04 bits per heavy atom. The third-order valence-corrected chi connectivity index (χ3v) is 5.25. The Morgan fingerprint density at radius 3 is 2.64 bits per heavy atom. The molecule has 8 heteroatoms. The molecule has 2 aromatic carbocycles. The molecular formula is C20H18F2N2O4. The van der Waals surface area contributed by atoms with Crippen LogP contribution < -0.4 is 19.7 Å². The van der Waals surface area contributed by atoms with E-state index in [4.69, 9.17) is 4.74 Å². The minimum atomic E-state index is -3.67. The second-order valence-electron chi connectivity index (χ2n) is 7.05. The molecule has 146 valence electrons. The van der Waals surface area contributed by atoms with Crippen molar-refractivity contribution in [3.8, 4) is 11.5 Å². The molecule has 1 atom stereocenters. The van der Waals surface area contributed by atoms with Crippen LogP contribution >= 0.6 is 0 Å². The summed E-state index contributed by atoms with van der Waals surface area (Å²) in [6.45, 7) is 3.59. The summed E-state index contributed by atoms with van der Waals surface area (Å²) in [6, 6.07) is 10.3. The Morgan fingerprint density at radius 2 is 1.82 bits per heavy atom. The highest BCUT2D eigenvalue weighted by Crippen LogP contribution is 2.43. The monoisotopic (exact) mass is 388 g/mol. The Labute approximate surface area is 160 Å². The van der Waals surface area contributed by atoms with Gasteiger partial charge in [-0.1, -0.05) is 12.1 Å². The van der Waals surface area contributed by atoms with E-state index in [9.17, 15) is 13.6 Å². The van der Waals surface area contributed by atoms with Crippen LogP contribution in [-0.2, 0) is 11.2 Å². The molecule has 3 aliphatic heterocycles. The molecule has 0 radical (unpaired) electrons. The van der Waals surface area contributed by atoms with Crippen molar-refractivity contribution in [3.63, 3.8) is 0 Å². The molecule has 3 heterocycles. The van der Waals surface area contributed by atoms with Gasteiger partial charge in [0.05, 0.1) is 5.56 Å². The van der Waals surface area contributed by atoms with E-state index in [-0.39, 0.29) is 11.5 Å². The number of anilines is 1. The second kappa shape index (κ2) is 6.34. The molecule has 6 nitrogen and oxygen atoms in total. The highest BCUT2D eigenvalue weighted by Gasteiger charge is 2.43. The van der Waals surface area contributed by atoms with E-state index in [1.807, 2.05) is 18.2 Å². The third-order valence-electron chi connectivity index (χ3n) is 5.25. The molecular weight excluding hydrogens is 370 g/mol. The molecule has 3 aliphatic rings. The lowest BCUT2D eigenvalue weighted by Crippen LogP contribution is -2.43. The number of alkyl halides is 2. The fourth-order valence-electron chi connectivity index (χ4n) is 3.84. The number of piperazine rings is 1. The second-order valence-corrected chi connectivity index (χ2v) is 7.05. The summed E-state index contributed by atoms with van der Waals surface area (Å²) in [5.74, 6) is -0.499. The SMILES string of the molecule is O=C1OC(c2ccc3c(c2)OC(F)(F)O3)Cc2ccc(N3CCNCC3)cc21. The van der Waals surface area contributed by atoms with Crippen molar-refractivity contribution in [3.05, 3.63) is 53.1 Å². The molecule has 0 saturated carbocycles. The molecule has 1 N–H and O–H groups in total. The van der Waals surface area contributed by atoms with Crippen LogP contribution in [0.3, 0.4) is 0 Å². The van der Waals surface area contributed by atoms with Crippen LogP contribution in [0.5, 0.6) is 11.5 Å². The minimum Gasteiger partial charge on any atom is -0.454 e. The lowest BCUT2D eigenvalue weighted by Gasteiger charge is -2.31. The van der Waals surface area contributed by atoms with Gasteiger partial charge in [0.15, 0.2) is 11.5 Å². The summed E-state index contributed by atoms with van der Waals surface area (Å²) in [4.78, 5) is 14.8. The first-order valence-corrected chi connectivity index (χ1v) is 9.18. The normalized spacial score (nSPS) is 22.6. The molecule has 1 unspecified atom stereocenters. The fraction of sp³-hybridized carbons (Fsp3) is 0.350. The van der Waals surface area contributed by atoms with Gasteiger partial charge in [-0.25, -0.2) is 4.79 Å². The first-order chi connectivity index (χ1) is 13.5. The molecule has 28 heavy (non-hydrogen) atoms. The number of nitrogens with zero attached hydrogens (tertiary/aromatic N) is 1. The number of hydrogen-bond acceptors (Lipinski definition) is 6. The highest BCUT2D eigenvalue weighted by molar-refractivity contribution is 5.93. The molecule has 0 spiro atoms. The van der Waals surface area contributed by atoms with E-state index in [0.717, 1.165) is 37.4 Å². The summed E-state index contributed by atoms with van der Waals surface area (Å²) in [5.41, 5.74) is 3.02. The van der Waals surface area contributed by atoms with Crippen molar-refractivity contribution in [2.24, 2.45) is 0 Å². The van der Waals surface area contributed by atoms with Crippen LogP contribution in [0.15, 0.2) is 36.4 Å². The number of carbonyl (C=O) groups excluding carboxylic acids is 1. The minimum absolute atomic E-state index is 0.0306. The van der Waals surface area contributed by atoms with Gasteiger partial charge in [0.2, 0.25) is 0 Å². The van der Waals surface area contributed by atoms with Gasteiger partial charge in [-0.05, 0) is 35.4 Å². The highest BCUT2D eigenvalue weighted by atomic mass is 19.3. The van der Waals surface area contributed by atoms with E-state index >= 15 is 0 Å². The summed E-state index contributed by atoms with van der Waals surface area (Å²) in [6.07, 6.45) is -3.76. The number of rotatable bonds is 2. The lowest BCUT2D eigenvalue weighted by molar-refractivity contribution is -0.286. The van der Waals surface area contributed by atoms with Crippen LogP contribution in [-0.4, -0.2) is 38.4 Å². The molecule has 1 saturated heterocycles. The van der Waals surface area contributed by atoms with Gasteiger partial charge in [0.1, 0.15) is 6.10 Å². The standard InChI is InChI=1S/C20H18F2N2O4/c21-20(22)27-16-4-2-13(10-18(16)28-20)17-9-12-1-3-14(11-15(12)19(25)26-17)24-7-5-23-6-8-24/h1-4,10-11,17,23H,5-9H2. The molecule has 0 aliphatic carbocycles. The number of hydrogen-bond donors (Lipinski definition) is 1. The number of fused-ring (bicyclic) bond motifs is 2. The Hall–Kier alpha value is -2.87. The first kappa shape index (κ1) is 17.2. The van der Waals surface area contributed by atoms with Crippen molar-refractivity contribution in [2.45, 2.75) is 18.8 Å². The van der Waals surface area contributed by atoms with Crippen molar-refractivity contribution < 1.29 is 27.8 Å². The van der Waals surface area contributed by atoms with E-state index in [0.29, 0.717) is 17.5 Å². The zero-order valence-corrected chi connectivity index (χ0v) is 14.9. The third kappa shape index (κ3) is 3.03. The number of esters is 1. The molecule has 2 aromatic rings. The van der Waals surface area contributed by atoms with Crippen LogP contribution in [0, 0.1) is 0 Å². The Bertz CT molecular complexity index is 944. The predicted octanol–water partition coefficient (Wildman–Crippen LogP) is 2.87. The van der Waals surface area contributed by atoms with Crippen molar-refractivity contribution in [1.82, 2.24) is 5.32 Å². The lowest BCUT2D eigenvalue weighted by atomic mass is 9.94. The van der Waals surface area contributed by atoms with Crippen molar-refractivity contribution in [1.29, 1.82) is 0 Å². The summed E-state index contributed by atoms with van der Waals surface area (Å²) < 4.78 is 41.0. The Balaban J connectivity index is 1.39. The largest absolute Gasteiger partial charge is 0.586 e. The van der Waals surface area contributed by atoms with Gasteiger partial charge in [0, 0.05) is 38.3 Å². The van der Waals surface area contributed by atoms with Crippen LogP contribution in [0.25, 0.3) is 0 Å². The zero-order chi connectivity index (χ0) is 19.3. The van der Waals surface area contributed by atoms with E-state index < -0.39 is 18.4 Å². The molecule has 5 rings (SSSR count). The van der Waals surface area contributed by atoms with E-state index in [1.165, 1.54) is 12.1 Å². The topological polar surface area (TPSA) is 60.0 Å². The number of ether oxygens (including phenoxy) is 3. The van der Waals surface area contributed by atoms with Gasteiger partial charge < -0.3 is 24.4 Å². The van der Waals surface area contributed by atoms with Crippen LogP contribution in [0.4, 0.5) is 14.5 Å². The number of carbonyl (C=O) groups is 1. The number of benzene rings is 2. The fourth-order valence-corrected chi connectivity index (χ4v) is 3.84. The maximum atomic E-state index is 13.2. The van der Waals surface area contributed by atoms with Crippen molar-refractivity contribution in [2.75, 3.05) is 31.1 Å². The van der Waals surface area contributed by atoms with Gasteiger partial charge in [-0.15, -0.1) is 8.78 Å². The van der Waals surface area contributed by atoms with Gasteiger partial charge in [-0.3, -0.25) is 0 Å². The van der Waals surface area contributed by atoms with Gasteiger partial charge in [-0.2, -0.15) is 0 Å². The van der Waals surface area contributed by atoms with Crippen molar-refractivity contribution >= 4 is 11.7 Å². The van der Waals surface area contributed by atoms with Crippen LogP contribution in [0.2, 0.25) is 0 Å². The smallest absolute Gasteiger partial charge is 0.454 e. The molecule has 0 bridgehead atoms. The average Bonchev–Trinajstić information content (AvgIpc) is 3.01. The molecule has 0 amide bonds. The predicted molar refractivity (Wildman–Crippen MR) is 96.0 cm³/mol. The van der Waals surface area contributed by atoms with E-state index in [1.54, 1.807) is 6.07 Å². The number of nitrogens with one attached hydrogen (secondary N) is 1. The number of halogens is 2. The maximum Gasteiger partial charge on any atom is 0.586 e. The number of cyclic esters (lactones) is 1. The quantitative estimate of drug-likeness (QED) is 0.799. The molecule has 0 aromatic heterocycles. The summed E-state index contributed by atoms with van der Waals surface area (Å²) in [7, 11) is 0. The summed E-state index contributed by atoms with van der Waals surface area (Å²) >= 11 is 0. The average molecular weight is 388 g/mol. The van der Waals surface area contributed by atoms with E-state index in [2.05, 4.69) is 19.7 Å². The van der Waals surface area contributed by atoms with Gasteiger partial charge >= 0.3 is 12.3 Å². The molecule has 1 fully saturated rings. The van der Waals surface area contributed by atoms with Crippen LogP contribution in [0.1, 0.15) is 27.6 Å². The summed E-state index contributed by atoms with van der Waals surface area (Å²) in [5, 5.41) is 3.30. The first-order valence-electron chi connectivity index (χ1n) is 9.18.